The van der Waals surface area contributed by atoms with Crippen LogP contribution in [0.4, 0.5) is 0 Å². The molecule has 1 aromatic carbocycles. The normalized spacial score (nSPS) is 17.6. The van der Waals surface area contributed by atoms with Gasteiger partial charge in [-0.15, -0.1) is 0 Å². The summed E-state index contributed by atoms with van der Waals surface area (Å²) < 4.78 is 2.09. The lowest BCUT2D eigenvalue weighted by Gasteiger charge is -2.11. The van der Waals surface area contributed by atoms with E-state index in [4.69, 9.17) is 11.6 Å². The van der Waals surface area contributed by atoms with E-state index >= 15 is 0 Å². The SMILES string of the molecule is Oc1ccc2c(c1Cl)CCCN(Br)C2. The molecular formula is C10H11BrClNO. The van der Waals surface area contributed by atoms with Crippen LogP contribution in [-0.4, -0.2) is 15.6 Å². The van der Waals surface area contributed by atoms with E-state index in [-0.39, 0.29) is 5.75 Å². The van der Waals surface area contributed by atoms with Crippen LogP contribution < -0.4 is 0 Å². The van der Waals surface area contributed by atoms with E-state index in [1.54, 1.807) is 6.07 Å². The molecule has 1 heterocycles. The van der Waals surface area contributed by atoms with Crippen LogP contribution in [-0.2, 0) is 13.0 Å². The molecule has 1 aliphatic heterocycles. The second-order valence-electron chi connectivity index (χ2n) is 3.48. The predicted molar refractivity (Wildman–Crippen MR) is 60.8 cm³/mol. The Morgan fingerprint density at radius 3 is 3.00 bits per heavy atom. The maximum Gasteiger partial charge on any atom is 0.134 e. The molecule has 0 fully saturated rings. The molecule has 0 unspecified atom stereocenters. The molecule has 0 aromatic heterocycles. The first-order valence-corrected chi connectivity index (χ1v) is 5.67. The first-order valence-electron chi connectivity index (χ1n) is 4.58. The Labute approximate surface area is 96.8 Å². The fraction of sp³-hybridized carbons (Fsp3) is 0.400. The summed E-state index contributed by atoms with van der Waals surface area (Å²) in [7, 11) is 0. The Balaban J connectivity index is 2.45. The summed E-state index contributed by atoms with van der Waals surface area (Å²) >= 11 is 9.53. The van der Waals surface area contributed by atoms with E-state index < -0.39 is 0 Å². The van der Waals surface area contributed by atoms with Crippen molar-refractivity contribution in [3.63, 3.8) is 0 Å². The fourth-order valence-electron chi connectivity index (χ4n) is 1.76. The van der Waals surface area contributed by atoms with Crippen LogP contribution in [0.25, 0.3) is 0 Å². The maximum absolute atomic E-state index is 9.48. The molecule has 1 aromatic rings. The highest BCUT2D eigenvalue weighted by atomic mass is 79.9. The molecule has 1 aliphatic rings. The van der Waals surface area contributed by atoms with Crippen molar-refractivity contribution in [3.8, 4) is 5.75 Å². The third-order valence-corrected chi connectivity index (χ3v) is 3.52. The molecule has 0 atom stereocenters. The zero-order chi connectivity index (χ0) is 10.1. The summed E-state index contributed by atoms with van der Waals surface area (Å²) in [5, 5.41) is 9.99. The van der Waals surface area contributed by atoms with Crippen LogP contribution in [0.2, 0.25) is 5.02 Å². The standard InChI is InChI=1S/C10H11BrClNO/c11-13-5-1-2-8-7(6-13)3-4-9(14)10(8)12/h3-4,14H,1-2,5-6H2. The Bertz CT molecular complexity index is 356. The largest absolute Gasteiger partial charge is 0.506 e. The first kappa shape index (κ1) is 10.3. The molecule has 14 heavy (non-hydrogen) atoms. The minimum atomic E-state index is 0.188. The van der Waals surface area contributed by atoms with Crippen LogP contribution in [0.15, 0.2) is 12.1 Å². The number of rotatable bonds is 0. The van der Waals surface area contributed by atoms with Gasteiger partial charge in [0, 0.05) is 29.2 Å². The molecule has 0 radical (unpaired) electrons. The van der Waals surface area contributed by atoms with Crippen LogP contribution in [0.5, 0.6) is 5.75 Å². The molecule has 76 valence electrons. The van der Waals surface area contributed by atoms with Crippen molar-refractivity contribution >= 4 is 27.7 Å². The highest BCUT2D eigenvalue weighted by Gasteiger charge is 2.16. The van der Waals surface area contributed by atoms with Crippen LogP contribution in [0.3, 0.4) is 0 Å². The molecule has 2 rings (SSSR count). The molecule has 0 bridgehead atoms. The lowest BCUT2D eigenvalue weighted by molar-refractivity contribution is 0.474. The average molecular weight is 277 g/mol. The monoisotopic (exact) mass is 275 g/mol. The first-order chi connectivity index (χ1) is 6.68. The number of phenolic OH excluding ortho intramolecular Hbond substituents is 1. The molecular weight excluding hydrogens is 265 g/mol. The summed E-state index contributed by atoms with van der Waals surface area (Å²) in [6.45, 7) is 1.85. The van der Waals surface area contributed by atoms with Gasteiger partial charge in [0.15, 0.2) is 0 Å². The van der Waals surface area contributed by atoms with Crippen molar-refractivity contribution in [1.29, 1.82) is 0 Å². The van der Waals surface area contributed by atoms with Crippen LogP contribution in [0, 0.1) is 0 Å². The Morgan fingerprint density at radius 2 is 2.21 bits per heavy atom. The van der Waals surface area contributed by atoms with E-state index in [1.807, 2.05) is 6.07 Å². The van der Waals surface area contributed by atoms with E-state index in [0.29, 0.717) is 5.02 Å². The summed E-state index contributed by atoms with van der Waals surface area (Å²) in [5.41, 5.74) is 2.29. The van der Waals surface area contributed by atoms with E-state index in [2.05, 4.69) is 20.1 Å². The number of halogens is 2. The number of phenols is 1. The number of hydrogen-bond acceptors (Lipinski definition) is 2. The van der Waals surface area contributed by atoms with Crippen LogP contribution >= 0.6 is 27.7 Å². The number of nitrogens with zero attached hydrogens (tertiary/aromatic N) is 1. The van der Waals surface area contributed by atoms with Gasteiger partial charge in [0.1, 0.15) is 5.75 Å². The number of fused-ring (bicyclic) bond motifs is 1. The van der Waals surface area contributed by atoms with E-state index in [1.165, 1.54) is 5.56 Å². The Hall–Kier alpha value is -0.250. The number of aromatic hydroxyl groups is 1. The Morgan fingerprint density at radius 1 is 1.43 bits per heavy atom. The maximum atomic E-state index is 9.48. The van der Waals surface area contributed by atoms with E-state index in [0.717, 1.165) is 31.5 Å². The quantitative estimate of drug-likeness (QED) is 0.736. The highest BCUT2D eigenvalue weighted by molar-refractivity contribution is 9.07. The third-order valence-electron chi connectivity index (χ3n) is 2.49. The smallest absolute Gasteiger partial charge is 0.134 e. The molecule has 4 heteroatoms. The van der Waals surface area contributed by atoms with E-state index in [9.17, 15) is 5.11 Å². The van der Waals surface area contributed by atoms with Gasteiger partial charge in [0.05, 0.1) is 5.02 Å². The summed E-state index contributed by atoms with van der Waals surface area (Å²) in [6.07, 6.45) is 1.99. The summed E-state index contributed by atoms with van der Waals surface area (Å²) in [5.74, 6) is 0.188. The predicted octanol–water partition coefficient (Wildman–Crippen LogP) is 3.10. The van der Waals surface area contributed by atoms with Crippen molar-refractivity contribution in [3.05, 3.63) is 28.3 Å². The van der Waals surface area contributed by atoms with Crippen molar-refractivity contribution in [2.45, 2.75) is 19.4 Å². The van der Waals surface area contributed by atoms with Gasteiger partial charge in [0.25, 0.3) is 0 Å². The molecule has 0 saturated carbocycles. The summed E-state index contributed by atoms with van der Waals surface area (Å²) in [6, 6.07) is 3.60. The highest BCUT2D eigenvalue weighted by Crippen LogP contribution is 2.33. The van der Waals surface area contributed by atoms with Gasteiger partial charge >= 0.3 is 0 Å². The Kier molecular flexibility index (Phi) is 3.00. The fourth-order valence-corrected chi connectivity index (χ4v) is 2.56. The van der Waals surface area contributed by atoms with Gasteiger partial charge in [0.2, 0.25) is 0 Å². The lowest BCUT2D eigenvalue weighted by Crippen LogP contribution is -2.09. The number of benzene rings is 1. The van der Waals surface area contributed by atoms with Gasteiger partial charge in [-0.1, -0.05) is 17.7 Å². The number of hydrogen-bond donors (Lipinski definition) is 1. The van der Waals surface area contributed by atoms with Crippen molar-refractivity contribution in [1.82, 2.24) is 3.93 Å². The van der Waals surface area contributed by atoms with Gasteiger partial charge in [-0.2, -0.15) is 0 Å². The van der Waals surface area contributed by atoms with Crippen molar-refractivity contribution in [2.75, 3.05) is 6.54 Å². The van der Waals surface area contributed by atoms with Crippen molar-refractivity contribution < 1.29 is 5.11 Å². The molecule has 0 aliphatic carbocycles. The summed E-state index contributed by atoms with van der Waals surface area (Å²) in [4.78, 5) is 0. The minimum absolute atomic E-state index is 0.188. The molecule has 0 saturated heterocycles. The second-order valence-corrected chi connectivity index (χ2v) is 4.87. The van der Waals surface area contributed by atoms with Crippen molar-refractivity contribution in [2.24, 2.45) is 0 Å². The zero-order valence-corrected chi connectivity index (χ0v) is 9.98. The van der Waals surface area contributed by atoms with Crippen LogP contribution in [0.1, 0.15) is 17.5 Å². The zero-order valence-electron chi connectivity index (χ0n) is 7.63. The average Bonchev–Trinajstić information content (AvgIpc) is 2.34. The molecule has 0 amide bonds. The van der Waals surface area contributed by atoms with Gasteiger partial charge in [-0.05, 0) is 30.0 Å². The third kappa shape index (κ3) is 1.90. The second kappa shape index (κ2) is 4.09. The van der Waals surface area contributed by atoms with Gasteiger partial charge in [-0.3, -0.25) is 0 Å². The minimum Gasteiger partial charge on any atom is -0.506 e. The molecule has 2 nitrogen and oxygen atoms in total. The topological polar surface area (TPSA) is 23.5 Å². The lowest BCUT2D eigenvalue weighted by atomic mass is 10.0. The molecule has 0 spiro atoms. The molecule has 1 N–H and O–H groups in total. The van der Waals surface area contributed by atoms with Gasteiger partial charge < -0.3 is 5.11 Å². The van der Waals surface area contributed by atoms with Gasteiger partial charge in [-0.25, -0.2) is 3.93 Å².